The van der Waals surface area contributed by atoms with Crippen molar-refractivity contribution in [2.75, 3.05) is 5.32 Å². The molecular weight excluding hydrogens is 182 g/mol. The van der Waals surface area contributed by atoms with Crippen LogP contribution in [0.4, 0.5) is 5.69 Å². The van der Waals surface area contributed by atoms with E-state index in [0.717, 1.165) is 0 Å². The first kappa shape index (κ1) is 8.62. The Morgan fingerprint density at radius 3 is 2.64 bits per heavy atom. The first-order chi connectivity index (χ1) is 6.59. The van der Waals surface area contributed by atoms with Crippen LogP contribution in [0.25, 0.3) is 0 Å². The van der Waals surface area contributed by atoms with Crippen molar-refractivity contribution >= 4 is 23.2 Å². The molecule has 1 aliphatic rings. The number of hydrogen-bond acceptors (Lipinski definition) is 3. The van der Waals surface area contributed by atoms with Gasteiger partial charge in [-0.1, -0.05) is 0 Å². The van der Waals surface area contributed by atoms with Crippen molar-refractivity contribution in [1.82, 2.24) is 0 Å². The molecule has 70 valence electrons. The number of nitrogens with one attached hydrogen (secondary N) is 1. The molecule has 0 spiro atoms. The Labute approximate surface area is 79.9 Å². The minimum absolute atomic E-state index is 0.125. The summed E-state index contributed by atoms with van der Waals surface area (Å²) in [6.07, 6.45) is 0. The Kier molecular flexibility index (Phi) is 1.70. The third kappa shape index (κ3) is 1.12. The van der Waals surface area contributed by atoms with Crippen LogP contribution in [0.1, 0.15) is 27.6 Å². The predicted molar refractivity (Wildman–Crippen MR) is 49.4 cm³/mol. The summed E-state index contributed by atoms with van der Waals surface area (Å²) >= 11 is 0. The van der Waals surface area contributed by atoms with Gasteiger partial charge in [0.15, 0.2) is 5.78 Å². The molecule has 1 heterocycles. The molecule has 1 aromatic carbocycles. The minimum atomic E-state index is -0.638. The largest absolute Gasteiger partial charge is 0.318 e. The van der Waals surface area contributed by atoms with Gasteiger partial charge in [0, 0.05) is 5.56 Å². The smallest absolute Gasteiger partial charge is 0.296 e. The molecule has 0 radical (unpaired) electrons. The molecule has 1 amide bonds. The molecule has 0 aliphatic carbocycles. The SMILES string of the molecule is CC(=O)c1ccc2c(c1)C(=O)C(=O)N2. The Balaban J connectivity index is 2.57. The summed E-state index contributed by atoms with van der Waals surface area (Å²) in [7, 11) is 0. The summed E-state index contributed by atoms with van der Waals surface area (Å²) < 4.78 is 0. The van der Waals surface area contributed by atoms with E-state index in [1.165, 1.54) is 13.0 Å². The molecule has 1 aliphatic heterocycles. The number of Topliss-reactive ketones (excluding diaryl/α,β-unsaturated/α-hetero) is 2. The minimum Gasteiger partial charge on any atom is -0.318 e. The van der Waals surface area contributed by atoms with Crippen LogP contribution in [0, 0.1) is 0 Å². The second-order valence-electron chi connectivity index (χ2n) is 3.10. The molecule has 0 saturated heterocycles. The number of fused-ring (bicyclic) bond motifs is 1. The van der Waals surface area contributed by atoms with Crippen molar-refractivity contribution in [2.24, 2.45) is 0 Å². The van der Waals surface area contributed by atoms with Gasteiger partial charge in [-0.25, -0.2) is 0 Å². The van der Waals surface area contributed by atoms with E-state index in [9.17, 15) is 14.4 Å². The fourth-order valence-corrected chi connectivity index (χ4v) is 1.36. The Hall–Kier alpha value is -1.97. The Morgan fingerprint density at radius 1 is 1.29 bits per heavy atom. The molecule has 0 bridgehead atoms. The van der Waals surface area contributed by atoms with Gasteiger partial charge in [-0.3, -0.25) is 14.4 Å². The van der Waals surface area contributed by atoms with E-state index in [1.807, 2.05) is 0 Å². The third-order valence-corrected chi connectivity index (χ3v) is 2.13. The maximum Gasteiger partial charge on any atom is 0.296 e. The lowest BCUT2D eigenvalue weighted by molar-refractivity contribution is -0.112. The molecule has 0 unspecified atom stereocenters. The van der Waals surface area contributed by atoms with Gasteiger partial charge >= 0.3 is 0 Å². The van der Waals surface area contributed by atoms with Crippen LogP contribution in [-0.4, -0.2) is 17.5 Å². The molecule has 0 fully saturated rings. The number of anilines is 1. The van der Waals surface area contributed by atoms with E-state index >= 15 is 0 Å². The molecular formula is C10H7NO3. The normalized spacial score (nSPS) is 13.8. The van der Waals surface area contributed by atoms with Gasteiger partial charge in [0.25, 0.3) is 11.7 Å². The highest BCUT2D eigenvalue weighted by Crippen LogP contribution is 2.23. The number of carbonyl (C=O) groups excluding carboxylic acids is 3. The zero-order valence-electron chi connectivity index (χ0n) is 7.46. The lowest BCUT2D eigenvalue weighted by atomic mass is 10.1. The zero-order chi connectivity index (χ0) is 10.3. The summed E-state index contributed by atoms with van der Waals surface area (Å²) in [5.41, 5.74) is 1.20. The van der Waals surface area contributed by atoms with Gasteiger partial charge in [0.2, 0.25) is 0 Å². The molecule has 1 aromatic rings. The van der Waals surface area contributed by atoms with Crippen LogP contribution in [0.3, 0.4) is 0 Å². The van der Waals surface area contributed by atoms with E-state index < -0.39 is 11.7 Å². The van der Waals surface area contributed by atoms with Gasteiger partial charge in [-0.15, -0.1) is 0 Å². The maximum atomic E-state index is 11.2. The fourth-order valence-electron chi connectivity index (χ4n) is 1.36. The highest BCUT2D eigenvalue weighted by Gasteiger charge is 2.28. The van der Waals surface area contributed by atoms with E-state index in [1.54, 1.807) is 12.1 Å². The van der Waals surface area contributed by atoms with Gasteiger partial charge in [0.1, 0.15) is 0 Å². The highest BCUT2D eigenvalue weighted by molar-refractivity contribution is 6.51. The summed E-state index contributed by atoms with van der Waals surface area (Å²) in [5.74, 6) is -1.34. The molecule has 2 rings (SSSR count). The highest BCUT2D eigenvalue weighted by atomic mass is 16.2. The summed E-state index contributed by atoms with van der Waals surface area (Å²) in [6.45, 7) is 1.41. The van der Waals surface area contributed by atoms with Crippen LogP contribution >= 0.6 is 0 Å². The number of ketones is 2. The van der Waals surface area contributed by atoms with E-state index in [-0.39, 0.29) is 11.3 Å². The third-order valence-electron chi connectivity index (χ3n) is 2.13. The predicted octanol–water partition coefficient (Wildman–Crippen LogP) is 1.02. The van der Waals surface area contributed by atoms with Crippen LogP contribution in [0.5, 0.6) is 0 Å². The molecule has 14 heavy (non-hydrogen) atoms. The summed E-state index contributed by atoms with van der Waals surface area (Å²) in [6, 6.07) is 4.59. The molecule has 4 nitrogen and oxygen atoms in total. The number of benzene rings is 1. The Bertz CT molecular complexity index is 462. The average molecular weight is 189 g/mol. The quantitative estimate of drug-likeness (QED) is 0.530. The number of hydrogen-bond donors (Lipinski definition) is 1. The van der Waals surface area contributed by atoms with E-state index in [0.29, 0.717) is 11.3 Å². The van der Waals surface area contributed by atoms with Gasteiger partial charge < -0.3 is 5.32 Å². The maximum absolute atomic E-state index is 11.2. The first-order valence-corrected chi connectivity index (χ1v) is 4.10. The van der Waals surface area contributed by atoms with Gasteiger partial charge in [-0.2, -0.15) is 0 Å². The molecule has 1 N–H and O–H groups in total. The lowest BCUT2D eigenvalue weighted by Crippen LogP contribution is -2.12. The van der Waals surface area contributed by atoms with Crippen molar-refractivity contribution in [3.8, 4) is 0 Å². The summed E-state index contributed by atoms with van der Waals surface area (Å²) in [4.78, 5) is 33.2. The summed E-state index contributed by atoms with van der Waals surface area (Å²) in [5, 5.41) is 2.41. The topological polar surface area (TPSA) is 63.2 Å². The average Bonchev–Trinajstić information content (AvgIpc) is 2.43. The van der Waals surface area contributed by atoms with Crippen molar-refractivity contribution < 1.29 is 14.4 Å². The second kappa shape index (κ2) is 2.77. The van der Waals surface area contributed by atoms with Crippen molar-refractivity contribution in [2.45, 2.75) is 6.92 Å². The zero-order valence-corrected chi connectivity index (χ0v) is 7.46. The first-order valence-electron chi connectivity index (χ1n) is 4.10. The molecule has 0 atom stereocenters. The molecule has 0 aromatic heterocycles. The van der Waals surface area contributed by atoms with Gasteiger partial charge in [-0.05, 0) is 25.1 Å². The van der Waals surface area contributed by atoms with Crippen molar-refractivity contribution in [1.29, 1.82) is 0 Å². The standard InChI is InChI=1S/C10H7NO3/c1-5(12)6-2-3-8-7(4-6)9(13)10(14)11-8/h2-4H,1H3,(H,11,13,14). The van der Waals surface area contributed by atoms with Crippen LogP contribution < -0.4 is 5.32 Å². The monoisotopic (exact) mass is 189 g/mol. The molecule has 4 heteroatoms. The Morgan fingerprint density at radius 2 is 2.00 bits per heavy atom. The number of carbonyl (C=O) groups is 3. The van der Waals surface area contributed by atoms with Crippen LogP contribution in [-0.2, 0) is 4.79 Å². The van der Waals surface area contributed by atoms with E-state index in [4.69, 9.17) is 0 Å². The van der Waals surface area contributed by atoms with E-state index in [2.05, 4.69) is 5.32 Å². The second-order valence-corrected chi connectivity index (χ2v) is 3.10. The van der Waals surface area contributed by atoms with Crippen molar-refractivity contribution in [3.63, 3.8) is 0 Å². The van der Waals surface area contributed by atoms with Crippen molar-refractivity contribution in [3.05, 3.63) is 29.3 Å². The lowest BCUT2D eigenvalue weighted by Gasteiger charge is -1.98. The van der Waals surface area contributed by atoms with Gasteiger partial charge in [0.05, 0.1) is 11.3 Å². The number of amides is 1. The van der Waals surface area contributed by atoms with Crippen LogP contribution in [0.15, 0.2) is 18.2 Å². The number of rotatable bonds is 1. The molecule has 0 saturated carbocycles. The fraction of sp³-hybridized carbons (Fsp3) is 0.100. The van der Waals surface area contributed by atoms with Crippen LogP contribution in [0.2, 0.25) is 0 Å².